The van der Waals surface area contributed by atoms with Gasteiger partial charge >= 0.3 is 0 Å². The summed E-state index contributed by atoms with van der Waals surface area (Å²) in [6.07, 6.45) is 1.38. The molecule has 0 aromatic heterocycles. The summed E-state index contributed by atoms with van der Waals surface area (Å²) in [7, 11) is 0. The van der Waals surface area contributed by atoms with Gasteiger partial charge in [-0.05, 0) is 24.5 Å². The van der Waals surface area contributed by atoms with Crippen LogP contribution in [-0.4, -0.2) is 38.0 Å². The van der Waals surface area contributed by atoms with Crippen LogP contribution in [0.4, 0.5) is 0 Å². The Morgan fingerprint density at radius 3 is 1.97 bits per heavy atom. The van der Waals surface area contributed by atoms with Crippen molar-refractivity contribution in [3.8, 4) is 0 Å². The molecule has 0 aliphatic carbocycles. The maximum Gasteiger partial charge on any atom is 0.221 e. The number of nitrogens with one attached hydrogen (secondary N) is 3. The quantitative estimate of drug-likeness (QED) is 0.259. The molecule has 29 heavy (non-hydrogen) atoms. The molecule has 0 aliphatic rings. The van der Waals surface area contributed by atoms with E-state index in [-0.39, 0.29) is 35.8 Å². The maximum absolute atomic E-state index is 11.8. The lowest BCUT2D eigenvalue weighted by Gasteiger charge is -2.18. The van der Waals surface area contributed by atoms with E-state index in [9.17, 15) is 4.79 Å². The smallest absolute Gasteiger partial charge is 0.221 e. The molecule has 0 fully saturated rings. The highest BCUT2D eigenvalue weighted by molar-refractivity contribution is 14.0. The highest BCUT2D eigenvalue weighted by Crippen LogP contribution is 2.24. The molecular formula is C23H33IN4O. The Kier molecular flexibility index (Phi) is 12.8. The van der Waals surface area contributed by atoms with Gasteiger partial charge in [0, 0.05) is 32.0 Å². The second-order valence-electron chi connectivity index (χ2n) is 6.62. The van der Waals surface area contributed by atoms with Crippen molar-refractivity contribution >= 4 is 35.8 Å². The Morgan fingerprint density at radius 2 is 1.45 bits per heavy atom. The molecule has 2 rings (SSSR count). The van der Waals surface area contributed by atoms with Gasteiger partial charge < -0.3 is 16.0 Å². The molecule has 0 aliphatic heterocycles. The minimum absolute atomic E-state index is 0. The highest BCUT2D eigenvalue weighted by Gasteiger charge is 2.13. The van der Waals surface area contributed by atoms with Crippen molar-refractivity contribution in [1.29, 1.82) is 0 Å². The van der Waals surface area contributed by atoms with Gasteiger partial charge in [-0.3, -0.25) is 9.79 Å². The van der Waals surface area contributed by atoms with Gasteiger partial charge in [0.15, 0.2) is 5.96 Å². The molecule has 0 heterocycles. The fraction of sp³-hybridized carbons (Fsp3) is 0.391. The van der Waals surface area contributed by atoms with Gasteiger partial charge in [0.05, 0.1) is 6.54 Å². The van der Waals surface area contributed by atoms with Crippen molar-refractivity contribution in [2.24, 2.45) is 4.99 Å². The lowest BCUT2D eigenvalue weighted by Crippen LogP contribution is -2.39. The molecule has 5 nitrogen and oxygen atoms in total. The number of guanidine groups is 1. The average Bonchev–Trinajstić information content (AvgIpc) is 2.74. The third-order valence-electron chi connectivity index (χ3n) is 4.40. The molecule has 2 aromatic rings. The summed E-state index contributed by atoms with van der Waals surface area (Å²) >= 11 is 0. The zero-order valence-corrected chi connectivity index (χ0v) is 19.7. The number of nitrogens with zero attached hydrogens (tertiary/aromatic N) is 1. The Bertz CT molecular complexity index is 683. The van der Waals surface area contributed by atoms with Gasteiger partial charge in [-0.2, -0.15) is 0 Å². The van der Waals surface area contributed by atoms with E-state index < -0.39 is 0 Å². The number of hydrogen-bond donors (Lipinski definition) is 3. The standard InChI is InChI=1S/C23H32N4O.HI/c1-3-16-25-22(28)15-17-26-23(24-4-2)27-18-21(19-11-7-5-8-12-19)20-13-9-6-10-14-20;/h5-14,21H,3-4,15-18H2,1-2H3,(H,25,28)(H2,24,26,27);1H. The SMILES string of the molecule is CCCNC(=O)CCNC(=NCC(c1ccccc1)c1ccccc1)NCC.I. The third-order valence-corrected chi connectivity index (χ3v) is 4.40. The first-order chi connectivity index (χ1) is 13.7. The summed E-state index contributed by atoms with van der Waals surface area (Å²) in [5, 5.41) is 9.42. The summed E-state index contributed by atoms with van der Waals surface area (Å²) in [6, 6.07) is 20.9. The molecule has 1 amide bonds. The lowest BCUT2D eigenvalue weighted by atomic mass is 9.91. The molecule has 0 radical (unpaired) electrons. The molecule has 0 saturated heterocycles. The van der Waals surface area contributed by atoms with E-state index in [1.807, 2.05) is 26.0 Å². The first-order valence-electron chi connectivity index (χ1n) is 10.1. The molecule has 2 aromatic carbocycles. The largest absolute Gasteiger partial charge is 0.357 e. The second-order valence-corrected chi connectivity index (χ2v) is 6.62. The van der Waals surface area contributed by atoms with E-state index in [2.05, 4.69) is 64.5 Å². The third kappa shape index (κ3) is 9.30. The Hall–Kier alpha value is -2.09. The summed E-state index contributed by atoms with van der Waals surface area (Å²) in [4.78, 5) is 16.6. The van der Waals surface area contributed by atoms with Crippen LogP contribution in [0.15, 0.2) is 65.7 Å². The van der Waals surface area contributed by atoms with E-state index in [1.54, 1.807) is 0 Å². The monoisotopic (exact) mass is 508 g/mol. The zero-order valence-electron chi connectivity index (χ0n) is 17.4. The number of benzene rings is 2. The molecule has 0 atom stereocenters. The minimum atomic E-state index is 0. The van der Waals surface area contributed by atoms with E-state index in [1.165, 1.54) is 11.1 Å². The molecular weight excluding hydrogens is 475 g/mol. The van der Waals surface area contributed by atoms with Crippen LogP contribution < -0.4 is 16.0 Å². The number of carbonyl (C=O) groups excluding carboxylic acids is 1. The predicted molar refractivity (Wildman–Crippen MR) is 132 cm³/mol. The molecule has 0 spiro atoms. The van der Waals surface area contributed by atoms with Gasteiger partial charge in [0.1, 0.15) is 0 Å². The van der Waals surface area contributed by atoms with Crippen LogP contribution in [-0.2, 0) is 4.79 Å². The van der Waals surface area contributed by atoms with Crippen LogP contribution >= 0.6 is 24.0 Å². The lowest BCUT2D eigenvalue weighted by molar-refractivity contribution is -0.120. The highest BCUT2D eigenvalue weighted by atomic mass is 127. The first kappa shape index (κ1) is 24.9. The number of aliphatic imine (C=N–C) groups is 1. The van der Waals surface area contributed by atoms with Gasteiger partial charge in [-0.1, -0.05) is 67.6 Å². The van der Waals surface area contributed by atoms with Crippen molar-refractivity contribution in [3.63, 3.8) is 0 Å². The number of carbonyl (C=O) groups is 1. The Labute approximate surface area is 191 Å². The fourth-order valence-corrected chi connectivity index (χ4v) is 2.95. The molecule has 158 valence electrons. The van der Waals surface area contributed by atoms with Crippen LogP contribution in [0.3, 0.4) is 0 Å². The topological polar surface area (TPSA) is 65.5 Å². The zero-order chi connectivity index (χ0) is 20.0. The van der Waals surface area contributed by atoms with Crippen molar-refractivity contribution in [2.75, 3.05) is 26.2 Å². The molecule has 3 N–H and O–H groups in total. The molecule has 0 bridgehead atoms. The molecule has 0 unspecified atom stereocenters. The maximum atomic E-state index is 11.8. The van der Waals surface area contributed by atoms with Gasteiger partial charge in [-0.15, -0.1) is 24.0 Å². The van der Waals surface area contributed by atoms with Crippen LogP contribution in [0.5, 0.6) is 0 Å². The van der Waals surface area contributed by atoms with E-state index in [4.69, 9.17) is 4.99 Å². The van der Waals surface area contributed by atoms with Crippen LogP contribution in [0.25, 0.3) is 0 Å². The van der Waals surface area contributed by atoms with Gasteiger partial charge in [0.2, 0.25) is 5.91 Å². The minimum Gasteiger partial charge on any atom is -0.357 e. The number of hydrogen-bond acceptors (Lipinski definition) is 2. The number of halogens is 1. The van der Waals surface area contributed by atoms with Crippen molar-refractivity contribution in [2.45, 2.75) is 32.6 Å². The normalized spacial score (nSPS) is 10.9. The molecule has 6 heteroatoms. The van der Waals surface area contributed by atoms with E-state index in [0.29, 0.717) is 19.5 Å². The summed E-state index contributed by atoms with van der Waals surface area (Å²) in [5.74, 6) is 0.991. The molecule has 0 saturated carbocycles. The second kappa shape index (κ2) is 14.8. The Balaban J connectivity index is 0.00000420. The van der Waals surface area contributed by atoms with E-state index in [0.717, 1.165) is 25.5 Å². The van der Waals surface area contributed by atoms with Gasteiger partial charge in [0.25, 0.3) is 0 Å². The average molecular weight is 508 g/mol. The van der Waals surface area contributed by atoms with E-state index >= 15 is 0 Å². The van der Waals surface area contributed by atoms with Crippen LogP contribution in [0, 0.1) is 0 Å². The van der Waals surface area contributed by atoms with Crippen molar-refractivity contribution < 1.29 is 4.79 Å². The summed E-state index contributed by atoms with van der Waals surface area (Å²) in [5.41, 5.74) is 2.49. The van der Waals surface area contributed by atoms with Crippen molar-refractivity contribution in [1.82, 2.24) is 16.0 Å². The summed E-state index contributed by atoms with van der Waals surface area (Å²) < 4.78 is 0. The predicted octanol–water partition coefficient (Wildman–Crippen LogP) is 3.91. The first-order valence-corrected chi connectivity index (χ1v) is 10.1. The van der Waals surface area contributed by atoms with Gasteiger partial charge in [-0.25, -0.2) is 0 Å². The number of rotatable bonds is 10. The van der Waals surface area contributed by atoms with Crippen molar-refractivity contribution in [3.05, 3.63) is 71.8 Å². The number of amides is 1. The van der Waals surface area contributed by atoms with Crippen LogP contribution in [0.1, 0.15) is 43.7 Å². The van der Waals surface area contributed by atoms with Crippen LogP contribution in [0.2, 0.25) is 0 Å². The summed E-state index contributed by atoms with van der Waals surface area (Å²) in [6.45, 7) is 6.77. The Morgan fingerprint density at radius 1 is 0.862 bits per heavy atom. The fourth-order valence-electron chi connectivity index (χ4n) is 2.95.